The molecular weight excluding hydrogens is 296 g/mol. The SMILES string of the molecule is CCOC(=O)c1ccccc1CCOC(C)C(=O)OC(C)(C)C. The standard InChI is InChI=1S/C18H26O5/c1-6-21-17(20)15-10-8-7-9-14(15)11-12-22-13(2)16(19)23-18(3,4)5/h7-10,13H,6,11-12H2,1-5H3. The molecule has 1 rings (SSSR count). The van der Waals surface area contributed by atoms with E-state index < -0.39 is 17.7 Å². The molecule has 5 nitrogen and oxygen atoms in total. The highest BCUT2D eigenvalue weighted by Gasteiger charge is 2.22. The molecule has 1 unspecified atom stereocenters. The summed E-state index contributed by atoms with van der Waals surface area (Å²) in [6.45, 7) is 9.52. The Morgan fingerprint density at radius 2 is 1.83 bits per heavy atom. The quantitative estimate of drug-likeness (QED) is 0.722. The van der Waals surface area contributed by atoms with Gasteiger partial charge in [0.1, 0.15) is 5.60 Å². The van der Waals surface area contributed by atoms with Crippen LogP contribution in [-0.4, -0.2) is 36.9 Å². The minimum atomic E-state index is -0.649. The van der Waals surface area contributed by atoms with Crippen molar-refractivity contribution in [1.82, 2.24) is 0 Å². The van der Waals surface area contributed by atoms with Crippen LogP contribution >= 0.6 is 0 Å². The van der Waals surface area contributed by atoms with Crippen LogP contribution in [0.15, 0.2) is 24.3 Å². The van der Waals surface area contributed by atoms with Crippen LogP contribution in [0.4, 0.5) is 0 Å². The van der Waals surface area contributed by atoms with Gasteiger partial charge in [-0.05, 0) is 52.7 Å². The second-order valence-corrected chi connectivity index (χ2v) is 6.17. The summed E-state index contributed by atoms with van der Waals surface area (Å²) in [4.78, 5) is 23.7. The van der Waals surface area contributed by atoms with Crippen LogP contribution in [0.5, 0.6) is 0 Å². The van der Waals surface area contributed by atoms with Crippen LogP contribution in [0.3, 0.4) is 0 Å². The zero-order chi connectivity index (χ0) is 17.5. The number of ether oxygens (including phenoxy) is 3. The van der Waals surface area contributed by atoms with Crippen molar-refractivity contribution >= 4 is 11.9 Å². The Labute approximate surface area is 137 Å². The summed E-state index contributed by atoms with van der Waals surface area (Å²) in [7, 11) is 0. The molecule has 1 atom stereocenters. The molecule has 23 heavy (non-hydrogen) atoms. The molecular formula is C18H26O5. The summed E-state index contributed by atoms with van der Waals surface area (Å²) in [6, 6.07) is 7.23. The molecule has 0 aromatic heterocycles. The highest BCUT2D eigenvalue weighted by molar-refractivity contribution is 5.91. The van der Waals surface area contributed by atoms with Crippen molar-refractivity contribution in [3.05, 3.63) is 35.4 Å². The molecule has 128 valence electrons. The number of hydrogen-bond acceptors (Lipinski definition) is 5. The Morgan fingerprint density at radius 3 is 2.43 bits per heavy atom. The lowest BCUT2D eigenvalue weighted by atomic mass is 10.1. The van der Waals surface area contributed by atoms with Gasteiger partial charge in [-0.2, -0.15) is 0 Å². The second-order valence-electron chi connectivity index (χ2n) is 6.17. The van der Waals surface area contributed by atoms with Crippen LogP contribution in [-0.2, 0) is 25.4 Å². The minimum Gasteiger partial charge on any atom is -0.462 e. The van der Waals surface area contributed by atoms with Crippen molar-refractivity contribution in [2.24, 2.45) is 0 Å². The van der Waals surface area contributed by atoms with Gasteiger partial charge in [-0.3, -0.25) is 0 Å². The Kier molecular flexibility index (Phi) is 7.23. The van der Waals surface area contributed by atoms with Gasteiger partial charge in [0.15, 0.2) is 6.10 Å². The molecule has 0 radical (unpaired) electrons. The van der Waals surface area contributed by atoms with E-state index in [1.807, 2.05) is 32.9 Å². The predicted octanol–water partition coefficient (Wildman–Crippen LogP) is 3.15. The molecule has 0 N–H and O–H groups in total. The number of carbonyl (C=O) groups excluding carboxylic acids is 2. The molecule has 0 bridgehead atoms. The Hall–Kier alpha value is -1.88. The molecule has 0 saturated heterocycles. The van der Waals surface area contributed by atoms with Crippen LogP contribution < -0.4 is 0 Å². The maximum absolute atomic E-state index is 11.9. The lowest BCUT2D eigenvalue weighted by Gasteiger charge is -2.22. The first-order valence-electron chi connectivity index (χ1n) is 7.84. The second kappa shape index (κ2) is 8.67. The first-order chi connectivity index (χ1) is 10.7. The van der Waals surface area contributed by atoms with Gasteiger partial charge >= 0.3 is 11.9 Å². The third-order valence-electron chi connectivity index (χ3n) is 2.99. The van der Waals surface area contributed by atoms with Crippen molar-refractivity contribution < 1.29 is 23.8 Å². The lowest BCUT2D eigenvalue weighted by molar-refractivity contribution is -0.167. The van der Waals surface area contributed by atoms with E-state index >= 15 is 0 Å². The van der Waals surface area contributed by atoms with E-state index in [0.717, 1.165) is 5.56 Å². The number of carbonyl (C=O) groups is 2. The minimum absolute atomic E-state index is 0.316. The van der Waals surface area contributed by atoms with Gasteiger partial charge in [0, 0.05) is 0 Å². The number of esters is 2. The first kappa shape index (κ1) is 19.2. The normalized spacial score (nSPS) is 12.6. The van der Waals surface area contributed by atoms with E-state index in [0.29, 0.717) is 25.2 Å². The Bertz CT molecular complexity index is 530. The van der Waals surface area contributed by atoms with Crippen LogP contribution in [0.1, 0.15) is 50.5 Å². The van der Waals surface area contributed by atoms with Gasteiger partial charge in [-0.1, -0.05) is 18.2 Å². The van der Waals surface area contributed by atoms with Gasteiger partial charge in [0.05, 0.1) is 18.8 Å². The fraction of sp³-hybridized carbons (Fsp3) is 0.556. The summed E-state index contributed by atoms with van der Waals surface area (Å²) in [6.07, 6.45) is -0.133. The van der Waals surface area contributed by atoms with Crippen LogP contribution in [0.25, 0.3) is 0 Å². The largest absolute Gasteiger partial charge is 0.462 e. The average molecular weight is 322 g/mol. The molecule has 1 aromatic carbocycles. The van der Waals surface area contributed by atoms with E-state index in [1.54, 1.807) is 26.0 Å². The number of rotatable bonds is 7. The summed E-state index contributed by atoms with van der Waals surface area (Å²) in [5, 5.41) is 0. The van der Waals surface area contributed by atoms with Crippen molar-refractivity contribution in [3.8, 4) is 0 Å². The monoisotopic (exact) mass is 322 g/mol. The third-order valence-corrected chi connectivity index (χ3v) is 2.99. The van der Waals surface area contributed by atoms with Crippen molar-refractivity contribution in [3.63, 3.8) is 0 Å². The van der Waals surface area contributed by atoms with E-state index in [4.69, 9.17) is 14.2 Å². The molecule has 0 heterocycles. The van der Waals surface area contributed by atoms with Crippen molar-refractivity contribution in [2.75, 3.05) is 13.2 Å². The zero-order valence-electron chi connectivity index (χ0n) is 14.5. The molecule has 0 aliphatic heterocycles. The fourth-order valence-electron chi connectivity index (χ4n) is 1.94. The number of hydrogen-bond donors (Lipinski definition) is 0. The smallest absolute Gasteiger partial charge is 0.338 e. The molecule has 0 spiro atoms. The van der Waals surface area contributed by atoms with Gasteiger partial charge in [-0.25, -0.2) is 9.59 Å². The summed E-state index contributed by atoms with van der Waals surface area (Å²) in [5.41, 5.74) is 0.829. The van der Waals surface area contributed by atoms with Crippen molar-refractivity contribution in [1.29, 1.82) is 0 Å². The maximum atomic E-state index is 11.9. The topological polar surface area (TPSA) is 61.8 Å². The highest BCUT2D eigenvalue weighted by Crippen LogP contribution is 2.13. The molecule has 5 heteroatoms. The van der Waals surface area contributed by atoms with Crippen LogP contribution in [0.2, 0.25) is 0 Å². The summed E-state index contributed by atoms with van der Waals surface area (Å²) in [5.74, 6) is -0.737. The van der Waals surface area contributed by atoms with Crippen LogP contribution in [0, 0.1) is 0 Å². The predicted molar refractivity (Wildman–Crippen MR) is 87.4 cm³/mol. The van der Waals surface area contributed by atoms with Gasteiger partial charge < -0.3 is 14.2 Å². The van der Waals surface area contributed by atoms with E-state index in [9.17, 15) is 9.59 Å². The van der Waals surface area contributed by atoms with E-state index in [2.05, 4.69) is 0 Å². The third kappa shape index (κ3) is 6.82. The molecule has 0 fully saturated rings. The van der Waals surface area contributed by atoms with E-state index in [1.165, 1.54) is 0 Å². The molecule has 0 amide bonds. The number of benzene rings is 1. The zero-order valence-corrected chi connectivity index (χ0v) is 14.5. The Morgan fingerprint density at radius 1 is 1.17 bits per heavy atom. The Balaban J connectivity index is 2.56. The van der Waals surface area contributed by atoms with Crippen molar-refractivity contribution in [2.45, 2.75) is 52.7 Å². The molecule has 1 aromatic rings. The van der Waals surface area contributed by atoms with E-state index in [-0.39, 0.29) is 5.97 Å². The molecule has 0 aliphatic carbocycles. The summed E-state index contributed by atoms with van der Waals surface area (Å²) < 4.78 is 15.8. The van der Waals surface area contributed by atoms with Gasteiger partial charge in [0.2, 0.25) is 0 Å². The fourth-order valence-corrected chi connectivity index (χ4v) is 1.94. The lowest BCUT2D eigenvalue weighted by Crippen LogP contribution is -2.32. The molecule has 0 aliphatic rings. The average Bonchev–Trinajstić information content (AvgIpc) is 2.46. The van der Waals surface area contributed by atoms with Gasteiger partial charge in [0.25, 0.3) is 0 Å². The summed E-state index contributed by atoms with van der Waals surface area (Å²) >= 11 is 0. The molecule has 0 saturated carbocycles. The first-order valence-corrected chi connectivity index (χ1v) is 7.84. The van der Waals surface area contributed by atoms with Gasteiger partial charge in [-0.15, -0.1) is 0 Å². The maximum Gasteiger partial charge on any atom is 0.338 e. The highest BCUT2D eigenvalue weighted by atomic mass is 16.6.